The number of carbonyl (C=O) groups is 1. The molecule has 2 heterocycles. The molecule has 2 N–H and O–H groups in total. The third-order valence-electron chi connectivity index (χ3n) is 6.75. The molecule has 7 nitrogen and oxygen atoms in total. The highest BCUT2D eigenvalue weighted by molar-refractivity contribution is 5.94. The van der Waals surface area contributed by atoms with Crippen LogP contribution in [0, 0.1) is 17.5 Å². The maximum atomic E-state index is 15.5. The van der Waals surface area contributed by atoms with Gasteiger partial charge in [-0.1, -0.05) is 30.3 Å². The highest BCUT2D eigenvalue weighted by Gasteiger charge is 2.26. The van der Waals surface area contributed by atoms with Crippen LogP contribution in [-0.4, -0.2) is 21.1 Å². The lowest BCUT2D eigenvalue weighted by Gasteiger charge is -2.20. The lowest BCUT2D eigenvalue weighted by Crippen LogP contribution is -2.42. The summed E-state index contributed by atoms with van der Waals surface area (Å²) < 4.78 is 51.7. The summed E-state index contributed by atoms with van der Waals surface area (Å²) in [5.41, 5.74) is 2.07. The van der Waals surface area contributed by atoms with E-state index >= 15 is 8.78 Å². The van der Waals surface area contributed by atoms with Crippen molar-refractivity contribution in [1.82, 2.24) is 20.5 Å². The van der Waals surface area contributed by atoms with Gasteiger partial charge in [0.05, 0.1) is 6.04 Å². The van der Waals surface area contributed by atoms with Crippen LogP contribution in [0.25, 0.3) is 34.0 Å². The fraction of sp³-hybridized carbons (Fsp3) is 0.0625. The maximum Gasteiger partial charge on any atom is 0.251 e. The number of H-pyrrole nitrogens is 1. The molecule has 6 aromatic rings. The second-order valence-electron chi connectivity index (χ2n) is 9.55. The summed E-state index contributed by atoms with van der Waals surface area (Å²) in [6, 6.07) is 22.4. The molecule has 208 valence electrons. The predicted octanol–water partition coefficient (Wildman–Crippen LogP) is 6.27. The SMILES string of the molecule is O=C(N[C@@H](C[n+]1cc[nH]c1)c1c(F)cc(-c2ccc(F)cc2)cc1F)c1ccc(-c2nnc(-c3ccccc3)o2)cc1. The summed E-state index contributed by atoms with van der Waals surface area (Å²) in [4.78, 5) is 16.2. The Morgan fingerprint density at radius 3 is 2.05 bits per heavy atom. The van der Waals surface area contributed by atoms with E-state index in [0.717, 1.165) is 5.56 Å². The number of aromatic amines is 1. The predicted molar refractivity (Wildman–Crippen MR) is 148 cm³/mol. The van der Waals surface area contributed by atoms with Crippen molar-refractivity contribution < 1.29 is 27.0 Å². The topological polar surface area (TPSA) is 87.7 Å². The van der Waals surface area contributed by atoms with Crippen LogP contribution in [0.3, 0.4) is 0 Å². The summed E-state index contributed by atoms with van der Waals surface area (Å²) in [5.74, 6) is -2.00. The van der Waals surface area contributed by atoms with Crippen molar-refractivity contribution in [2.75, 3.05) is 0 Å². The zero-order chi connectivity index (χ0) is 29.1. The molecule has 42 heavy (non-hydrogen) atoms. The van der Waals surface area contributed by atoms with E-state index in [9.17, 15) is 9.18 Å². The van der Waals surface area contributed by atoms with Gasteiger partial charge >= 0.3 is 0 Å². The van der Waals surface area contributed by atoms with E-state index in [4.69, 9.17) is 4.42 Å². The highest BCUT2D eigenvalue weighted by atomic mass is 19.1. The second-order valence-corrected chi connectivity index (χ2v) is 9.55. The Morgan fingerprint density at radius 1 is 0.810 bits per heavy atom. The average Bonchev–Trinajstić information content (AvgIpc) is 3.71. The van der Waals surface area contributed by atoms with Crippen LogP contribution in [0.4, 0.5) is 13.2 Å². The molecule has 6 rings (SSSR count). The molecule has 1 atom stereocenters. The zero-order valence-electron chi connectivity index (χ0n) is 22.0. The van der Waals surface area contributed by atoms with Crippen LogP contribution in [-0.2, 0) is 6.54 Å². The number of rotatable bonds is 8. The molecular formula is C32H23F3N5O2+. The van der Waals surface area contributed by atoms with Crippen molar-refractivity contribution in [2.24, 2.45) is 0 Å². The molecule has 0 unspecified atom stereocenters. The Balaban J connectivity index is 1.25. The van der Waals surface area contributed by atoms with Crippen molar-refractivity contribution >= 4 is 5.91 Å². The van der Waals surface area contributed by atoms with Crippen LogP contribution in [0.15, 0.2) is 114 Å². The summed E-state index contributed by atoms with van der Waals surface area (Å²) in [6.07, 6.45) is 4.96. The van der Waals surface area contributed by atoms with Crippen molar-refractivity contribution in [2.45, 2.75) is 12.6 Å². The molecule has 1 amide bonds. The zero-order valence-corrected chi connectivity index (χ0v) is 22.0. The first-order chi connectivity index (χ1) is 20.4. The summed E-state index contributed by atoms with van der Waals surface area (Å²) >= 11 is 0. The van der Waals surface area contributed by atoms with Crippen LogP contribution >= 0.6 is 0 Å². The van der Waals surface area contributed by atoms with E-state index in [1.54, 1.807) is 47.6 Å². The Labute approximate surface area is 238 Å². The fourth-order valence-electron chi connectivity index (χ4n) is 4.62. The largest absolute Gasteiger partial charge is 0.416 e. The molecule has 2 aromatic heterocycles. The van der Waals surface area contributed by atoms with Gasteiger partial charge in [-0.05, 0) is 71.8 Å². The van der Waals surface area contributed by atoms with Crippen LogP contribution < -0.4 is 9.88 Å². The summed E-state index contributed by atoms with van der Waals surface area (Å²) in [7, 11) is 0. The van der Waals surface area contributed by atoms with Crippen molar-refractivity contribution in [1.29, 1.82) is 0 Å². The van der Waals surface area contributed by atoms with Crippen LogP contribution in [0.2, 0.25) is 0 Å². The number of benzene rings is 4. The Bertz CT molecular complexity index is 1800. The lowest BCUT2D eigenvalue weighted by atomic mass is 9.98. The van der Waals surface area contributed by atoms with Gasteiger partial charge in [-0.25, -0.2) is 17.7 Å². The smallest absolute Gasteiger partial charge is 0.251 e. The van der Waals surface area contributed by atoms with E-state index in [2.05, 4.69) is 20.5 Å². The minimum atomic E-state index is -1.05. The molecule has 4 aromatic carbocycles. The number of halogens is 3. The van der Waals surface area contributed by atoms with Gasteiger partial charge in [0, 0.05) is 22.3 Å². The number of carbonyl (C=O) groups excluding carboxylic acids is 1. The molecule has 0 aliphatic heterocycles. The summed E-state index contributed by atoms with van der Waals surface area (Å²) in [6.45, 7) is 0.0569. The number of imidazole rings is 1. The standard InChI is InChI=1S/C32H22F3N5O2/c33-25-12-10-20(11-13-25)24-16-26(34)29(27(35)17-24)28(18-40-15-14-36-19-40)37-30(41)21-6-8-23(9-7-21)32-39-38-31(42-32)22-4-2-1-3-5-22/h1-17,19,28H,18H2,(H,37,41)/p+1/t28-/m0/s1. The molecule has 0 aliphatic rings. The number of hydrogen-bond donors (Lipinski definition) is 2. The Morgan fingerprint density at radius 2 is 1.43 bits per heavy atom. The average molecular weight is 567 g/mol. The van der Waals surface area contributed by atoms with E-state index in [-0.39, 0.29) is 29.1 Å². The maximum absolute atomic E-state index is 15.5. The van der Waals surface area contributed by atoms with Gasteiger partial charge in [0.1, 0.15) is 36.4 Å². The van der Waals surface area contributed by atoms with Crippen LogP contribution in [0.5, 0.6) is 0 Å². The third-order valence-corrected chi connectivity index (χ3v) is 6.75. The van der Waals surface area contributed by atoms with Gasteiger partial charge in [0.25, 0.3) is 5.91 Å². The Hall–Kier alpha value is -5.51. The van der Waals surface area contributed by atoms with Crippen molar-refractivity contribution in [3.8, 4) is 34.0 Å². The first-order valence-corrected chi connectivity index (χ1v) is 13.0. The highest BCUT2D eigenvalue weighted by Crippen LogP contribution is 2.29. The molecule has 0 bridgehead atoms. The number of nitrogens with one attached hydrogen (secondary N) is 2. The molecular weight excluding hydrogens is 543 g/mol. The van der Waals surface area contributed by atoms with E-state index < -0.39 is 29.4 Å². The number of amides is 1. The molecule has 10 heteroatoms. The van der Waals surface area contributed by atoms with Crippen molar-refractivity contribution in [3.05, 3.63) is 138 Å². The lowest BCUT2D eigenvalue weighted by molar-refractivity contribution is -0.698. The first kappa shape index (κ1) is 26.7. The number of hydrogen-bond acceptors (Lipinski definition) is 4. The van der Waals surface area contributed by atoms with Crippen LogP contribution in [0.1, 0.15) is 22.0 Å². The minimum absolute atomic E-state index is 0.0569. The second kappa shape index (κ2) is 11.5. The third kappa shape index (κ3) is 5.68. The molecule has 0 fully saturated rings. The molecule has 0 saturated heterocycles. The molecule has 0 aliphatic carbocycles. The van der Waals surface area contributed by atoms with Gasteiger partial charge in [0.15, 0.2) is 0 Å². The van der Waals surface area contributed by atoms with Crippen molar-refractivity contribution in [3.63, 3.8) is 0 Å². The van der Waals surface area contributed by atoms with E-state index in [1.165, 1.54) is 36.4 Å². The van der Waals surface area contributed by atoms with Gasteiger partial charge in [0.2, 0.25) is 18.1 Å². The van der Waals surface area contributed by atoms with Gasteiger partial charge < -0.3 is 9.73 Å². The summed E-state index contributed by atoms with van der Waals surface area (Å²) in [5, 5.41) is 10.9. The normalized spacial score (nSPS) is 11.8. The van der Waals surface area contributed by atoms with E-state index in [1.807, 2.05) is 30.3 Å². The number of nitrogens with zero attached hydrogens (tertiary/aromatic N) is 3. The number of aromatic nitrogens is 4. The molecule has 0 radical (unpaired) electrons. The monoisotopic (exact) mass is 566 g/mol. The van der Waals surface area contributed by atoms with Gasteiger partial charge in [-0.15, -0.1) is 10.2 Å². The van der Waals surface area contributed by atoms with Gasteiger partial charge in [-0.3, -0.25) is 9.78 Å². The molecule has 0 spiro atoms. The first-order valence-electron chi connectivity index (χ1n) is 13.0. The molecule has 0 saturated carbocycles. The quantitative estimate of drug-likeness (QED) is 0.213. The Kier molecular flexibility index (Phi) is 7.33. The van der Waals surface area contributed by atoms with E-state index in [0.29, 0.717) is 17.0 Å². The van der Waals surface area contributed by atoms with Gasteiger partial charge in [-0.2, -0.15) is 0 Å². The minimum Gasteiger partial charge on any atom is -0.416 e. The fourth-order valence-corrected chi connectivity index (χ4v) is 4.62.